The van der Waals surface area contributed by atoms with Crippen LogP contribution in [0.2, 0.25) is 0 Å². The average molecular weight is 285 g/mol. The Balaban J connectivity index is 2.36. The van der Waals surface area contributed by atoms with E-state index in [9.17, 15) is 14.6 Å². The van der Waals surface area contributed by atoms with Crippen LogP contribution in [0.3, 0.4) is 0 Å². The Labute approximate surface area is 114 Å². The summed E-state index contributed by atoms with van der Waals surface area (Å²) in [5.74, 6) is -0.627. The molecule has 0 aliphatic heterocycles. The third-order valence-corrected chi connectivity index (χ3v) is 3.55. The number of hydrogen-bond donors (Lipinski definition) is 3. The van der Waals surface area contributed by atoms with Crippen LogP contribution in [0.4, 0.5) is 4.79 Å². The molecule has 1 rings (SSSR count). The number of amides is 1. The van der Waals surface area contributed by atoms with E-state index in [0.717, 1.165) is 18.4 Å². The van der Waals surface area contributed by atoms with Crippen molar-refractivity contribution in [2.75, 3.05) is 0 Å². The number of rotatable bonds is 7. The van der Waals surface area contributed by atoms with Gasteiger partial charge in [0, 0.05) is 0 Å². The van der Waals surface area contributed by atoms with Crippen molar-refractivity contribution in [1.29, 1.82) is 0 Å². The molecule has 0 saturated carbocycles. The van der Waals surface area contributed by atoms with Crippen molar-refractivity contribution in [3.8, 4) is 0 Å². The van der Waals surface area contributed by atoms with E-state index in [1.807, 2.05) is 37.3 Å². The molecule has 1 amide bonds. The van der Waals surface area contributed by atoms with Crippen LogP contribution < -0.4 is 5.32 Å². The van der Waals surface area contributed by atoms with Crippen LogP contribution in [-0.2, 0) is 11.3 Å². The summed E-state index contributed by atoms with van der Waals surface area (Å²) in [6, 6.07) is 9.32. The topological polar surface area (TPSA) is 78.8 Å². The second kappa shape index (κ2) is 8.86. The number of alkyl carbamates (subject to hydrolysis) is 1. The standard InChI is InChI=1S/C13H20NO4P/c1-2-3-9-12(19(16)17)14-13(15)18-10-11-7-5-4-6-8-11/h4-8,12,16-17H,2-3,9-10H2,1H3,(H,14,15). The van der Waals surface area contributed by atoms with Crippen molar-refractivity contribution in [1.82, 2.24) is 5.32 Å². The second-order valence-electron chi connectivity index (χ2n) is 4.18. The molecule has 1 aromatic carbocycles. The molecule has 0 aromatic heterocycles. The molecule has 0 radical (unpaired) electrons. The van der Waals surface area contributed by atoms with Gasteiger partial charge in [-0.25, -0.2) is 4.79 Å². The van der Waals surface area contributed by atoms with Gasteiger partial charge in [-0.1, -0.05) is 50.1 Å². The van der Waals surface area contributed by atoms with Gasteiger partial charge >= 0.3 is 6.09 Å². The first-order valence-corrected chi connectivity index (χ1v) is 7.59. The normalized spacial score (nSPS) is 12.2. The van der Waals surface area contributed by atoms with Crippen molar-refractivity contribution in [2.45, 2.75) is 38.6 Å². The predicted octanol–water partition coefficient (Wildman–Crippen LogP) is 2.73. The summed E-state index contributed by atoms with van der Waals surface area (Å²) in [5, 5.41) is 2.49. The summed E-state index contributed by atoms with van der Waals surface area (Å²) in [6.45, 7) is 2.17. The Bertz CT molecular complexity index is 372. The minimum Gasteiger partial charge on any atom is -0.445 e. The van der Waals surface area contributed by atoms with Gasteiger partial charge in [0.2, 0.25) is 0 Å². The third kappa shape index (κ3) is 6.53. The molecule has 0 saturated heterocycles. The highest BCUT2D eigenvalue weighted by molar-refractivity contribution is 7.45. The van der Waals surface area contributed by atoms with Crippen LogP contribution in [0.5, 0.6) is 0 Å². The van der Waals surface area contributed by atoms with Crippen LogP contribution in [-0.4, -0.2) is 21.7 Å². The summed E-state index contributed by atoms with van der Waals surface area (Å²) in [4.78, 5) is 30.0. The van der Waals surface area contributed by atoms with Crippen LogP contribution in [0.1, 0.15) is 31.7 Å². The zero-order valence-electron chi connectivity index (χ0n) is 11.0. The van der Waals surface area contributed by atoms with Gasteiger partial charge < -0.3 is 19.8 Å². The smallest absolute Gasteiger partial charge is 0.408 e. The lowest BCUT2D eigenvalue weighted by Gasteiger charge is -2.18. The average Bonchev–Trinajstić information content (AvgIpc) is 2.42. The molecule has 3 N–H and O–H groups in total. The molecule has 0 bridgehead atoms. The van der Waals surface area contributed by atoms with Crippen molar-refractivity contribution < 1.29 is 19.3 Å². The summed E-state index contributed by atoms with van der Waals surface area (Å²) < 4.78 is 5.03. The quantitative estimate of drug-likeness (QED) is 0.673. The Morgan fingerprint density at radius 3 is 2.63 bits per heavy atom. The van der Waals surface area contributed by atoms with E-state index in [1.54, 1.807) is 0 Å². The van der Waals surface area contributed by atoms with Crippen molar-refractivity contribution >= 4 is 14.5 Å². The lowest BCUT2D eigenvalue weighted by Crippen LogP contribution is -2.33. The molecule has 1 unspecified atom stereocenters. The maximum atomic E-state index is 11.5. The fourth-order valence-electron chi connectivity index (χ4n) is 1.54. The molecule has 1 atom stereocenters. The third-order valence-electron chi connectivity index (χ3n) is 2.61. The van der Waals surface area contributed by atoms with Crippen LogP contribution in [0.15, 0.2) is 30.3 Å². The lowest BCUT2D eigenvalue weighted by molar-refractivity contribution is 0.137. The minimum atomic E-state index is -2.18. The van der Waals surface area contributed by atoms with E-state index in [2.05, 4.69) is 5.32 Å². The van der Waals surface area contributed by atoms with Gasteiger partial charge in [-0.15, -0.1) is 0 Å². The van der Waals surface area contributed by atoms with Gasteiger partial charge in [-0.05, 0) is 12.0 Å². The Kier molecular flexibility index (Phi) is 7.41. The molecule has 19 heavy (non-hydrogen) atoms. The molecular formula is C13H20NO4P. The highest BCUT2D eigenvalue weighted by Crippen LogP contribution is 2.32. The van der Waals surface area contributed by atoms with Gasteiger partial charge in [-0.2, -0.15) is 0 Å². The van der Waals surface area contributed by atoms with Crippen molar-refractivity contribution in [3.05, 3.63) is 35.9 Å². The number of carbonyl (C=O) groups is 1. The summed E-state index contributed by atoms with van der Waals surface area (Å²) >= 11 is 0. The highest BCUT2D eigenvalue weighted by Gasteiger charge is 2.20. The van der Waals surface area contributed by atoms with E-state index < -0.39 is 20.3 Å². The van der Waals surface area contributed by atoms with Gasteiger partial charge in [-0.3, -0.25) is 0 Å². The van der Waals surface area contributed by atoms with E-state index in [4.69, 9.17) is 4.74 Å². The van der Waals surface area contributed by atoms with E-state index >= 15 is 0 Å². The summed E-state index contributed by atoms with van der Waals surface area (Å²) in [6.07, 6.45) is 1.67. The maximum Gasteiger partial charge on any atom is 0.408 e. The zero-order chi connectivity index (χ0) is 14.1. The second-order valence-corrected chi connectivity index (χ2v) is 5.45. The van der Waals surface area contributed by atoms with Crippen LogP contribution in [0, 0.1) is 0 Å². The van der Waals surface area contributed by atoms with E-state index in [0.29, 0.717) is 6.42 Å². The first kappa shape index (κ1) is 15.9. The van der Waals surface area contributed by atoms with E-state index in [-0.39, 0.29) is 6.61 Å². The summed E-state index contributed by atoms with van der Waals surface area (Å²) in [5.41, 5.74) is 0.887. The number of benzene rings is 1. The molecular weight excluding hydrogens is 265 g/mol. The first-order chi connectivity index (χ1) is 9.13. The lowest BCUT2D eigenvalue weighted by atomic mass is 10.2. The van der Waals surface area contributed by atoms with Crippen LogP contribution in [0.25, 0.3) is 0 Å². The van der Waals surface area contributed by atoms with Crippen LogP contribution >= 0.6 is 8.38 Å². The first-order valence-electron chi connectivity index (χ1n) is 6.27. The van der Waals surface area contributed by atoms with E-state index in [1.165, 1.54) is 0 Å². The Morgan fingerprint density at radius 2 is 2.05 bits per heavy atom. The summed E-state index contributed by atoms with van der Waals surface area (Å²) in [7, 11) is -2.18. The van der Waals surface area contributed by atoms with Gasteiger partial charge in [0.1, 0.15) is 12.4 Å². The molecule has 1 aromatic rings. The molecule has 0 spiro atoms. The number of carbonyl (C=O) groups excluding carboxylic acids is 1. The molecule has 0 aliphatic carbocycles. The van der Waals surface area contributed by atoms with Crippen molar-refractivity contribution in [2.24, 2.45) is 0 Å². The SMILES string of the molecule is CCCCC(NC(=O)OCc1ccccc1)P(O)O. The van der Waals surface area contributed by atoms with Gasteiger partial charge in [0.05, 0.1) is 0 Å². The van der Waals surface area contributed by atoms with Gasteiger partial charge in [0.25, 0.3) is 0 Å². The molecule has 6 heteroatoms. The fourth-order valence-corrected chi connectivity index (χ4v) is 2.18. The highest BCUT2D eigenvalue weighted by atomic mass is 31.2. The Morgan fingerprint density at radius 1 is 1.37 bits per heavy atom. The Hall–Kier alpha value is -1.16. The molecule has 0 fully saturated rings. The van der Waals surface area contributed by atoms with Gasteiger partial charge in [0.15, 0.2) is 8.38 Å². The molecule has 5 nitrogen and oxygen atoms in total. The molecule has 0 aliphatic rings. The monoisotopic (exact) mass is 285 g/mol. The minimum absolute atomic E-state index is 0.169. The van der Waals surface area contributed by atoms with Crippen molar-refractivity contribution in [3.63, 3.8) is 0 Å². The molecule has 0 heterocycles. The largest absolute Gasteiger partial charge is 0.445 e. The zero-order valence-corrected chi connectivity index (χ0v) is 11.8. The number of ether oxygens (including phenoxy) is 1. The number of unbranched alkanes of at least 4 members (excludes halogenated alkanes) is 1. The fraction of sp³-hybridized carbons (Fsp3) is 0.462. The number of hydrogen-bond acceptors (Lipinski definition) is 4. The number of nitrogens with one attached hydrogen (secondary N) is 1. The molecule has 106 valence electrons. The maximum absolute atomic E-state index is 11.5. The predicted molar refractivity (Wildman–Crippen MR) is 74.4 cm³/mol.